The summed E-state index contributed by atoms with van der Waals surface area (Å²) >= 11 is 0. The number of rotatable bonds is 7. The maximum atomic E-state index is 12.8. The largest absolute Gasteiger partial charge is 0.496 e. The van der Waals surface area contributed by atoms with Gasteiger partial charge < -0.3 is 20.4 Å². The minimum Gasteiger partial charge on any atom is -0.496 e. The molecule has 1 fully saturated rings. The van der Waals surface area contributed by atoms with Gasteiger partial charge in [0.05, 0.1) is 30.4 Å². The summed E-state index contributed by atoms with van der Waals surface area (Å²) in [6, 6.07) is 10.7. The van der Waals surface area contributed by atoms with E-state index in [0.717, 1.165) is 11.3 Å². The molecule has 1 aromatic heterocycles. The fraction of sp³-hybridized carbons (Fsp3) is 0.417. The van der Waals surface area contributed by atoms with E-state index in [-0.39, 0.29) is 23.6 Å². The summed E-state index contributed by atoms with van der Waals surface area (Å²) in [5.41, 5.74) is 3.10. The zero-order valence-electron chi connectivity index (χ0n) is 18.7. The summed E-state index contributed by atoms with van der Waals surface area (Å²) in [5, 5.41) is 5.66. The van der Waals surface area contributed by atoms with Gasteiger partial charge in [-0.05, 0) is 56.4 Å². The number of nitrogens with zero attached hydrogens (tertiary/aromatic N) is 1. The predicted octanol–water partition coefficient (Wildman–Crippen LogP) is 4.69. The molecule has 0 spiro atoms. The van der Waals surface area contributed by atoms with Crippen LogP contribution in [0.5, 0.6) is 5.75 Å². The number of fused-ring (bicyclic) bond motifs is 1. The Balaban J connectivity index is 1.44. The van der Waals surface area contributed by atoms with Crippen molar-refractivity contribution in [2.75, 3.05) is 24.3 Å². The van der Waals surface area contributed by atoms with Crippen molar-refractivity contribution in [1.82, 2.24) is 9.55 Å². The molecule has 1 aliphatic carbocycles. The number of hydrogen-bond acceptors (Lipinski definition) is 4. The van der Waals surface area contributed by atoms with Crippen LogP contribution in [0.25, 0.3) is 11.0 Å². The number of nitrogens with one attached hydrogen (secondary N) is 3. The van der Waals surface area contributed by atoms with Gasteiger partial charge in [-0.1, -0.05) is 12.1 Å². The Morgan fingerprint density at radius 2 is 1.97 bits per heavy atom. The van der Waals surface area contributed by atoms with Crippen molar-refractivity contribution in [3.05, 3.63) is 52.4 Å². The molecule has 7 nitrogen and oxygen atoms in total. The third-order valence-corrected chi connectivity index (χ3v) is 6.31. The van der Waals surface area contributed by atoms with Crippen LogP contribution in [0.4, 0.5) is 20.2 Å². The molecule has 1 amide bonds. The summed E-state index contributed by atoms with van der Waals surface area (Å²) in [5.74, 6) is 0.541. The minimum atomic E-state index is -2.49. The quantitative estimate of drug-likeness (QED) is 0.479. The molecule has 0 aliphatic heterocycles. The average Bonchev–Trinajstić information content (AvgIpc) is 3.15. The Morgan fingerprint density at radius 1 is 1.21 bits per heavy atom. The van der Waals surface area contributed by atoms with Crippen LogP contribution in [0.3, 0.4) is 0 Å². The Kier molecular flexibility index (Phi) is 6.67. The molecule has 0 saturated heterocycles. The van der Waals surface area contributed by atoms with Gasteiger partial charge in [0.1, 0.15) is 5.75 Å². The maximum absolute atomic E-state index is 12.8. The number of benzene rings is 2. The van der Waals surface area contributed by atoms with Crippen LogP contribution in [0, 0.1) is 12.8 Å². The molecule has 0 radical (unpaired) electrons. The number of imidazole rings is 1. The number of alkyl halides is 2. The average molecular weight is 459 g/mol. The van der Waals surface area contributed by atoms with Crippen molar-refractivity contribution in [2.24, 2.45) is 5.92 Å². The number of H-pyrrole nitrogens is 1. The van der Waals surface area contributed by atoms with E-state index in [0.29, 0.717) is 48.1 Å². The standard InChI is InChI=1S/C24H28F2N4O3/c1-14-6-9-16(12-20(14)33-2)28-23(31)15-7-10-17(11-8-15)30-19-5-3-4-18(27-13-21(25)26)22(19)29-24(30)32/h3-6,9,12,15,17,21,27H,7-8,10-11,13H2,1-2H3,(H,28,31)(H,29,32)/t15-,17+. The molecule has 1 aliphatic rings. The molecule has 0 unspecified atom stereocenters. The number of ether oxygens (including phenoxy) is 1. The highest BCUT2D eigenvalue weighted by atomic mass is 19.3. The van der Waals surface area contributed by atoms with Crippen LogP contribution in [0.1, 0.15) is 37.3 Å². The SMILES string of the molecule is COc1cc(NC(=O)[C@H]2CC[C@@H](n3c(=O)[nH]c4c(NCC(F)F)cccc43)CC2)ccc1C. The molecule has 2 aromatic carbocycles. The lowest BCUT2D eigenvalue weighted by Crippen LogP contribution is -2.31. The summed E-state index contributed by atoms with van der Waals surface area (Å²) < 4.78 is 32.2. The van der Waals surface area contributed by atoms with Crippen molar-refractivity contribution >= 4 is 28.3 Å². The fourth-order valence-corrected chi connectivity index (χ4v) is 4.58. The van der Waals surface area contributed by atoms with Crippen molar-refractivity contribution < 1.29 is 18.3 Å². The zero-order valence-corrected chi connectivity index (χ0v) is 18.7. The van der Waals surface area contributed by atoms with Gasteiger partial charge in [0.15, 0.2) is 0 Å². The second-order valence-corrected chi connectivity index (χ2v) is 8.45. The highest BCUT2D eigenvalue weighted by molar-refractivity contribution is 5.93. The van der Waals surface area contributed by atoms with Gasteiger partial charge in [0, 0.05) is 23.7 Å². The lowest BCUT2D eigenvalue weighted by molar-refractivity contribution is -0.121. The topological polar surface area (TPSA) is 88.2 Å². The molecule has 0 bridgehead atoms. The fourth-order valence-electron chi connectivity index (χ4n) is 4.58. The van der Waals surface area contributed by atoms with Gasteiger partial charge in [-0.3, -0.25) is 9.36 Å². The smallest absolute Gasteiger partial charge is 0.326 e. The van der Waals surface area contributed by atoms with Crippen LogP contribution in [0.15, 0.2) is 41.2 Å². The lowest BCUT2D eigenvalue weighted by atomic mass is 9.85. The minimum absolute atomic E-state index is 0.0379. The van der Waals surface area contributed by atoms with E-state index in [9.17, 15) is 18.4 Å². The Labute approximate surface area is 190 Å². The van der Waals surface area contributed by atoms with Crippen molar-refractivity contribution in [1.29, 1.82) is 0 Å². The van der Waals surface area contributed by atoms with Crippen LogP contribution < -0.4 is 21.1 Å². The normalized spacial score (nSPS) is 18.5. The number of methoxy groups -OCH3 is 1. The number of carbonyl (C=O) groups excluding carboxylic acids is 1. The second-order valence-electron chi connectivity index (χ2n) is 8.45. The van der Waals surface area contributed by atoms with E-state index in [1.54, 1.807) is 23.8 Å². The zero-order chi connectivity index (χ0) is 23.5. The number of anilines is 2. The van der Waals surface area contributed by atoms with E-state index >= 15 is 0 Å². The third kappa shape index (κ3) is 4.86. The van der Waals surface area contributed by atoms with Gasteiger partial charge in [-0.25, -0.2) is 13.6 Å². The first kappa shape index (κ1) is 22.8. The van der Waals surface area contributed by atoms with E-state index in [4.69, 9.17) is 4.74 Å². The van der Waals surface area contributed by atoms with Gasteiger partial charge in [-0.2, -0.15) is 0 Å². The molecule has 3 aromatic rings. The molecule has 0 atom stereocenters. The van der Waals surface area contributed by atoms with Crippen LogP contribution in [0.2, 0.25) is 0 Å². The van der Waals surface area contributed by atoms with Gasteiger partial charge >= 0.3 is 5.69 Å². The second kappa shape index (κ2) is 9.64. The van der Waals surface area contributed by atoms with Crippen LogP contribution in [-0.4, -0.2) is 35.5 Å². The number of amides is 1. The first-order chi connectivity index (χ1) is 15.9. The third-order valence-electron chi connectivity index (χ3n) is 6.31. The van der Waals surface area contributed by atoms with Crippen molar-refractivity contribution in [3.8, 4) is 5.75 Å². The molecule has 1 saturated carbocycles. The number of aryl methyl sites for hydroxylation is 1. The lowest BCUT2D eigenvalue weighted by Gasteiger charge is -2.28. The Morgan fingerprint density at radius 3 is 2.67 bits per heavy atom. The van der Waals surface area contributed by atoms with Crippen LogP contribution >= 0.6 is 0 Å². The van der Waals surface area contributed by atoms with E-state index < -0.39 is 13.0 Å². The molecular formula is C24H28F2N4O3. The number of para-hydroxylation sites is 1. The maximum Gasteiger partial charge on any atom is 0.326 e. The number of aromatic nitrogens is 2. The monoisotopic (exact) mass is 458 g/mol. The van der Waals surface area contributed by atoms with Crippen molar-refractivity contribution in [3.63, 3.8) is 0 Å². The molecule has 176 valence electrons. The summed E-state index contributed by atoms with van der Waals surface area (Å²) in [7, 11) is 1.60. The molecule has 4 rings (SSSR count). The summed E-state index contributed by atoms with van der Waals surface area (Å²) in [6.45, 7) is 1.45. The van der Waals surface area contributed by atoms with Gasteiger partial charge in [0.25, 0.3) is 6.43 Å². The molecule has 1 heterocycles. The van der Waals surface area contributed by atoms with E-state index in [1.807, 2.05) is 31.2 Å². The Bertz CT molecular complexity index is 1200. The van der Waals surface area contributed by atoms with Gasteiger partial charge in [0.2, 0.25) is 5.91 Å². The highest BCUT2D eigenvalue weighted by Crippen LogP contribution is 2.35. The molecular weight excluding hydrogens is 430 g/mol. The Hall–Kier alpha value is -3.36. The predicted molar refractivity (Wildman–Crippen MR) is 124 cm³/mol. The number of carbonyl (C=O) groups is 1. The number of hydrogen-bond donors (Lipinski definition) is 3. The number of aromatic amines is 1. The first-order valence-electron chi connectivity index (χ1n) is 11.1. The molecule has 9 heteroatoms. The highest BCUT2D eigenvalue weighted by Gasteiger charge is 2.29. The summed E-state index contributed by atoms with van der Waals surface area (Å²) in [4.78, 5) is 28.3. The van der Waals surface area contributed by atoms with E-state index in [1.165, 1.54) is 0 Å². The molecule has 3 N–H and O–H groups in total. The van der Waals surface area contributed by atoms with Crippen molar-refractivity contribution in [2.45, 2.75) is 45.1 Å². The first-order valence-corrected chi connectivity index (χ1v) is 11.1. The molecule has 33 heavy (non-hydrogen) atoms. The number of halogens is 2. The van der Waals surface area contributed by atoms with E-state index in [2.05, 4.69) is 15.6 Å². The van der Waals surface area contributed by atoms with Crippen LogP contribution in [-0.2, 0) is 4.79 Å². The summed E-state index contributed by atoms with van der Waals surface area (Å²) in [6.07, 6.45) is 0.175. The van der Waals surface area contributed by atoms with Gasteiger partial charge in [-0.15, -0.1) is 0 Å².